The molecule has 2 fully saturated rings. The van der Waals surface area contributed by atoms with E-state index in [1.165, 1.54) is 16.7 Å². The largest absolute Gasteiger partial charge is 0.512 e. The summed E-state index contributed by atoms with van der Waals surface area (Å²) in [5.41, 5.74) is 0. The van der Waals surface area contributed by atoms with Gasteiger partial charge in [0.2, 0.25) is 11.8 Å². The molecule has 0 aromatic rings. The number of ether oxygens (including phenoxy) is 1. The number of amides is 1. The van der Waals surface area contributed by atoms with Gasteiger partial charge in [-0.15, -0.1) is 11.8 Å². The van der Waals surface area contributed by atoms with Gasteiger partial charge in [-0.3, -0.25) is 9.69 Å². The Balaban J connectivity index is 1.70. The first kappa shape index (κ1) is 21.4. The third kappa shape index (κ3) is 4.00. The van der Waals surface area contributed by atoms with Crippen molar-refractivity contribution < 1.29 is 28.9 Å². The first-order valence-corrected chi connectivity index (χ1v) is 10.5. The SMILES string of the molecule is CNCC(F)C[C@@H]1C[C@H](SC2=C(OC(=O)O)N3C(=O)[C@H]([C@@H](C)O)[C@@H]3[C@H]2C)CN1. The van der Waals surface area contributed by atoms with Gasteiger partial charge in [0, 0.05) is 30.3 Å². The number of halogens is 1. The maximum Gasteiger partial charge on any atom is 0.512 e. The minimum atomic E-state index is -1.47. The number of alkyl halides is 1. The molecule has 0 aliphatic carbocycles. The molecule has 2 saturated heterocycles. The van der Waals surface area contributed by atoms with E-state index in [1.807, 2.05) is 6.92 Å². The summed E-state index contributed by atoms with van der Waals surface area (Å²) < 4.78 is 18.8. The second kappa shape index (κ2) is 8.56. The van der Waals surface area contributed by atoms with Crippen molar-refractivity contribution in [2.24, 2.45) is 11.8 Å². The first-order valence-electron chi connectivity index (χ1n) is 9.59. The summed E-state index contributed by atoms with van der Waals surface area (Å²) in [5.74, 6) is -0.926. The monoisotopic (exact) mass is 417 g/mol. The number of aliphatic hydroxyl groups is 1. The van der Waals surface area contributed by atoms with E-state index in [0.29, 0.717) is 24.4 Å². The zero-order valence-corrected chi connectivity index (χ0v) is 17.0. The molecule has 0 radical (unpaired) electrons. The Labute approximate surface area is 167 Å². The molecule has 0 aromatic carbocycles. The molecule has 28 heavy (non-hydrogen) atoms. The molecule has 3 heterocycles. The van der Waals surface area contributed by atoms with E-state index in [0.717, 1.165) is 6.42 Å². The number of carbonyl (C=O) groups excluding carboxylic acids is 1. The molecule has 0 saturated carbocycles. The molecule has 0 bridgehead atoms. The predicted octanol–water partition coefficient (Wildman–Crippen LogP) is 1.12. The highest BCUT2D eigenvalue weighted by molar-refractivity contribution is 8.03. The van der Waals surface area contributed by atoms with Gasteiger partial charge in [0.15, 0.2) is 0 Å². The summed E-state index contributed by atoms with van der Waals surface area (Å²) in [4.78, 5) is 25.7. The number of hydrogen-bond donors (Lipinski definition) is 4. The van der Waals surface area contributed by atoms with Crippen molar-refractivity contribution in [1.29, 1.82) is 0 Å². The van der Waals surface area contributed by atoms with Crippen molar-refractivity contribution >= 4 is 23.8 Å². The zero-order valence-electron chi connectivity index (χ0n) is 16.2. The smallest absolute Gasteiger partial charge is 0.449 e. The summed E-state index contributed by atoms with van der Waals surface area (Å²) in [5, 5.41) is 25.3. The second-order valence-electron chi connectivity index (χ2n) is 7.76. The van der Waals surface area contributed by atoms with E-state index in [9.17, 15) is 19.1 Å². The summed E-state index contributed by atoms with van der Waals surface area (Å²) in [6.45, 7) is 4.48. The van der Waals surface area contributed by atoms with Gasteiger partial charge in [-0.05, 0) is 26.8 Å². The molecule has 0 spiro atoms. The summed E-state index contributed by atoms with van der Waals surface area (Å²) >= 11 is 1.50. The minimum absolute atomic E-state index is 0.0610. The van der Waals surface area contributed by atoms with Crippen molar-refractivity contribution in [2.45, 2.75) is 56.3 Å². The molecule has 7 atom stereocenters. The van der Waals surface area contributed by atoms with Gasteiger partial charge in [-0.25, -0.2) is 9.18 Å². The highest BCUT2D eigenvalue weighted by atomic mass is 32.2. The average molecular weight is 418 g/mol. The van der Waals surface area contributed by atoms with E-state index in [1.54, 1.807) is 14.0 Å². The Morgan fingerprint density at radius 3 is 2.86 bits per heavy atom. The Morgan fingerprint density at radius 1 is 1.54 bits per heavy atom. The number of carbonyl (C=O) groups is 2. The average Bonchev–Trinajstić information content (AvgIpc) is 3.10. The van der Waals surface area contributed by atoms with Crippen LogP contribution in [0.5, 0.6) is 0 Å². The van der Waals surface area contributed by atoms with E-state index in [2.05, 4.69) is 10.6 Å². The standard InChI is InChI=1S/C18H28FN3O5S/c1-8-14-13(9(2)23)16(24)22(14)17(27-18(25)26)15(8)28-12-5-11(21-7-12)4-10(19)6-20-3/h8-14,20-21,23H,4-7H2,1-3H3,(H,25,26)/t8-,9-,10?,11-,12+,13-,14+/m1/s1. The molecule has 158 valence electrons. The molecule has 1 amide bonds. The topological polar surface area (TPSA) is 111 Å². The van der Waals surface area contributed by atoms with E-state index in [-0.39, 0.29) is 35.0 Å². The minimum Gasteiger partial charge on any atom is -0.449 e. The van der Waals surface area contributed by atoms with Gasteiger partial charge in [-0.1, -0.05) is 6.92 Å². The van der Waals surface area contributed by atoms with Crippen LogP contribution in [0.1, 0.15) is 26.7 Å². The van der Waals surface area contributed by atoms with Crippen molar-refractivity contribution in [2.75, 3.05) is 20.1 Å². The molecule has 3 aliphatic heterocycles. The fraction of sp³-hybridized carbons (Fsp3) is 0.778. The third-order valence-corrected chi connectivity index (χ3v) is 7.18. The molecular formula is C18H28FN3O5S. The van der Waals surface area contributed by atoms with E-state index < -0.39 is 24.3 Å². The molecular weight excluding hydrogens is 389 g/mol. The van der Waals surface area contributed by atoms with Crippen LogP contribution in [0.3, 0.4) is 0 Å². The van der Waals surface area contributed by atoms with Gasteiger partial charge < -0.3 is 25.6 Å². The number of thioether (sulfide) groups is 1. The van der Waals surface area contributed by atoms with E-state index >= 15 is 0 Å². The quantitative estimate of drug-likeness (QED) is 0.343. The number of aliphatic hydroxyl groups excluding tert-OH is 1. The lowest BCUT2D eigenvalue weighted by Crippen LogP contribution is -2.63. The molecule has 10 heteroatoms. The first-order chi connectivity index (χ1) is 13.2. The fourth-order valence-electron chi connectivity index (χ4n) is 4.45. The maximum atomic E-state index is 13.9. The van der Waals surface area contributed by atoms with Gasteiger partial charge in [-0.2, -0.15) is 0 Å². The predicted molar refractivity (Wildman–Crippen MR) is 102 cm³/mol. The number of β-lactam (4-membered cyclic amide) rings is 1. The van der Waals surface area contributed by atoms with Crippen LogP contribution in [0.25, 0.3) is 0 Å². The van der Waals surface area contributed by atoms with Gasteiger partial charge >= 0.3 is 6.16 Å². The van der Waals surface area contributed by atoms with Crippen molar-refractivity contribution in [3.8, 4) is 0 Å². The lowest BCUT2D eigenvalue weighted by atomic mass is 9.79. The van der Waals surface area contributed by atoms with Gasteiger partial charge in [0.25, 0.3) is 0 Å². The molecule has 3 rings (SSSR count). The van der Waals surface area contributed by atoms with Gasteiger partial charge in [0.1, 0.15) is 6.17 Å². The molecule has 4 N–H and O–H groups in total. The number of nitrogens with zero attached hydrogens (tertiary/aromatic N) is 1. The summed E-state index contributed by atoms with van der Waals surface area (Å²) in [7, 11) is 1.72. The number of carboxylic acid groups (broad SMARTS) is 1. The van der Waals surface area contributed by atoms with Crippen LogP contribution in [0.4, 0.5) is 9.18 Å². The highest BCUT2D eigenvalue weighted by Crippen LogP contribution is 2.52. The maximum absolute atomic E-state index is 13.9. The van der Waals surface area contributed by atoms with Crippen molar-refractivity contribution in [3.05, 3.63) is 10.8 Å². The van der Waals surface area contributed by atoms with Crippen molar-refractivity contribution in [3.63, 3.8) is 0 Å². The van der Waals surface area contributed by atoms with Crippen LogP contribution in [-0.2, 0) is 9.53 Å². The zero-order chi connectivity index (χ0) is 20.6. The summed E-state index contributed by atoms with van der Waals surface area (Å²) in [6.07, 6.45) is -2.03. The molecule has 3 aliphatic rings. The highest BCUT2D eigenvalue weighted by Gasteiger charge is 2.60. The molecule has 8 nitrogen and oxygen atoms in total. The normalized spacial score (nSPS) is 34.2. The third-order valence-electron chi connectivity index (χ3n) is 5.69. The number of hydrogen-bond acceptors (Lipinski definition) is 7. The van der Waals surface area contributed by atoms with Crippen molar-refractivity contribution in [1.82, 2.24) is 15.5 Å². The van der Waals surface area contributed by atoms with Gasteiger partial charge in [0.05, 0.1) is 23.0 Å². The summed E-state index contributed by atoms with van der Waals surface area (Å²) in [6, 6.07) is -0.230. The fourth-order valence-corrected chi connectivity index (χ4v) is 5.91. The van der Waals surface area contributed by atoms with Crippen LogP contribution < -0.4 is 10.6 Å². The Hall–Kier alpha value is -1.36. The number of rotatable bonds is 8. The van der Waals surface area contributed by atoms with Crippen LogP contribution in [-0.4, -0.2) is 76.9 Å². The lowest BCUT2D eigenvalue weighted by Gasteiger charge is -2.45. The molecule has 0 aromatic heterocycles. The Morgan fingerprint density at radius 2 is 2.25 bits per heavy atom. The lowest BCUT2D eigenvalue weighted by molar-refractivity contribution is -0.163. The Kier molecular flexibility index (Phi) is 6.53. The molecule has 1 unspecified atom stereocenters. The van der Waals surface area contributed by atoms with E-state index in [4.69, 9.17) is 9.84 Å². The van der Waals surface area contributed by atoms with Crippen LogP contribution in [0.2, 0.25) is 0 Å². The number of nitrogens with one attached hydrogen (secondary N) is 2. The Bertz CT molecular complexity index is 661. The van der Waals surface area contributed by atoms with Crippen LogP contribution in [0, 0.1) is 11.8 Å². The number of fused-ring (bicyclic) bond motifs is 1. The second-order valence-corrected chi connectivity index (χ2v) is 9.10. The van der Waals surface area contributed by atoms with Crippen LogP contribution in [0.15, 0.2) is 10.8 Å². The van der Waals surface area contributed by atoms with Crippen LogP contribution >= 0.6 is 11.8 Å².